The summed E-state index contributed by atoms with van der Waals surface area (Å²) in [6.45, 7) is 11.4. The van der Waals surface area contributed by atoms with E-state index in [9.17, 15) is 0 Å². The van der Waals surface area contributed by atoms with E-state index >= 15 is 0 Å². The van der Waals surface area contributed by atoms with Crippen LogP contribution >= 0.6 is 11.3 Å². The van der Waals surface area contributed by atoms with Gasteiger partial charge >= 0.3 is 0 Å². The van der Waals surface area contributed by atoms with Crippen LogP contribution in [0.4, 0.5) is 5.00 Å². The van der Waals surface area contributed by atoms with Crippen LogP contribution in [0, 0.1) is 0 Å². The van der Waals surface area contributed by atoms with E-state index in [1.807, 2.05) is 11.3 Å². The minimum atomic E-state index is 0.448. The summed E-state index contributed by atoms with van der Waals surface area (Å²) in [5, 5.41) is 4.89. The lowest BCUT2D eigenvalue weighted by atomic mass is 10.1. The number of nitrogens with one attached hydrogen (secondary N) is 1. The third kappa shape index (κ3) is 4.33. The van der Waals surface area contributed by atoms with Gasteiger partial charge in [0.2, 0.25) is 0 Å². The van der Waals surface area contributed by atoms with Gasteiger partial charge in [-0.05, 0) is 45.0 Å². The zero-order valence-corrected chi connectivity index (χ0v) is 13.6. The first kappa shape index (κ1) is 15.5. The van der Waals surface area contributed by atoms with E-state index in [4.69, 9.17) is 4.74 Å². The van der Waals surface area contributed by atoms with E-state index in [2.05, 4.69) is 49.2 Å². The van der Waals surface area contributed by atoms with E-state index in [0.29, 0.717) is 6.04 Å². The fraction of sp³-hybridized carbons (Fsp3) is 0.625. The van der Waals surface area contributed by atoms with Gasteiger partial charge in [0.15, 0.2) is 0 Å². The van der Waals surface area contributed by atoms with Crippen LogP contribution in [0.1, 0.15) is 32.1 Å². The van der Waals surface area contributed by atoms with Gasteiger partial charge in [0.05, 0.1) is 18.2 Å². The van der Waals surface area contributed by atoms with Crippen molar-refractivity contribution in [3.05, 3.63) is 22.6 Å². The van der Waals surface area contributed by atoms with Gasteiger partial charge in [0, 0.05) is 24.0 Å². The van der Waals surface area contributed by atoms with Crippen LogP contribution in [0.3, 0.4) is 0 Å². The van der Waals surface area contributed by atoms with Gasteiger partial charge in [-0.1, -0.05) is 12.5 Å². The van der Waals surface area contributed by atoms with Crippen molar-refractivity contribution in [1.82, 2.24) is 5.32 Å². The van der Waals surface area contributed by atoms with Gasteiger partial charge in [-0.25, -0.2) is 0 Å². The van der Waals surface area contributed by atoms with E-state index in [0.717, 1.165) is 32.8 Å². The molecule has 0 aliphatic carbocycles. The Bertz CT molecular complexity index is 435. The highest BCUT2D eigenvalue weighted by Gasteiger charge is 2.13. The maximum Gasteiger partial charge on any atom is 0.0916 e. The molecule has 1 fully saturated rings. The summed E-state index contributed by atoms with van der Waals surface area (Å²) in [6, 6.07) is 4.91. The lowest BCUT2D eigenvalue weighted by molar-refractivity contribution is 0.123. The van der Waals surface area contributed by atoms with Crippen molar-refractivity contribution in [1.29, 1.82) is 0 Å². The minimum absolute atomic E-state index is 0.448. The largest absolute Gasteiger partial charge is 0.378 e. The quantitative estimate of drug-likeness (QED) is 0.870. The molecule has 0 bridgehead atoms. The predicted molar refractivity (Wildman–Crippen MR) is 88.8 cm³/mol. The summed E-state index contributed by atoms with van der Waals surface area (Å²) in [5.74, 6) is 0. The van der Waals surface area contributed by atoms with Crippen LogP contribution in [-0.2, 0) is 4.74 Å². The van der Waals surface area contributed by atoms with Crippen LogP contribution < -0.4 is 10.2 Å². The van der Waals surface area contributed by atoms with E-state index in [-0.39, 0.29) is 0 Å². The van der Waals surface area contributed by atoms with Crippen molar-refractivity contribution in [2.75, 3.05) is 37.7 Å². The highest BCUT2D eigenvalue weighted by Crippen LogP contribution is 2.28. The lowest BCUT2D eigenvalue weighted by Gasteiger charge is -2.27. The summed E-state index contributed by atoms with van der Waals surface area (Å²) in [4.78, 5) is 3.76. The maximum absolute atomic E-state index is 5.40. The molecule has 1 unspecified atom stereocenters. The summed E-state index contributed by atoms with van der Waals surface area (Å²) in [7, 11) is 0. The van der Waals surface area contributed by atoms with Gasteiger partial charge < -0.3 is 15.0 Å². The molecule has 2 heterocycles. The van der Waals surface area contributed by atoms with Crippen LogP contribution in [0.15, 0.2) is 17.7 Å². The van der Waals surface area contributed by atoms with Crippen LogP contribution in [0.2, 0.25) is 0 Å². The first-order valence-electron chi connectivity index (χ1n) is 7.55. The second-order valence-corrected chi connectivity index (χ2v) is 6.43. The third-order valence-electron chi connectivity index (χ3n) is 3.69. The smallest absolute Gasteiger partial charge is 0.0916 e. The average molecular weight is 294 g/mol. The van der Waals surface area contributed by atoms with Gasteiger partial charge in [-0.15, -0.1) is 11.3 Å². The molecule has 1 aromatic rings. The first-order chi connectivity index (χ1) is 9.70. The van der Waals surface area contributed by atoms with Gasteiger partial charge in [-0.3, -0.25) is 0 Å². The molecule has 1 aromatic heterocycles. The molecule has 20 heavy (non-hydrogen) atoms. The van der Waals surface area contributed by atoms with Crippen LogP contribution in [0.25, 0.3) is 6.08 Å². The zero-order chi connectivity index (χ0) is 14.4. The fourth-order valence-electron chi connectivity index (χ4n) is 2.24. The number of nitrogens with zero attached hydrogens (tertiary/aromatic N) is 1. The highest BCUT2D eigenvalue weighted by molar-refractivity contribution is 7.16. The number of morpholine rings is 1. The SMILES string of the molecule is CCCNC(C)/C(C)=C/c1ccc(N2CCOCC2)s1. The summed E-state index contributed by atoms with van der Waals surface area (Å²) >= 11 is 1.88. The number of rotatable bonds is 6. The Balaban J connectivity index is 1.97. The molecule has 1 saturated heterocycles. The normalized spacial score (nSPS) is 18.4. The Labute approximate surface area is 126 Å². The molecule has 1 aliphatic rings. The molecule has 0 amide bonds. The summed E-state index contributed by atoms with van der Waals surface area (Å²) in [5.41, 5.74) is 1.40. The number of thiophene rings is 1. The van der Waals surface area contributed by atoms with Crippen molar-refractivity contribution in [2.45, 2.75) is 33.2 Å². The molecule has 1 aliphatic heterocycles. The molecule has 0 spiro atoms. The molecule has 0 radical (unpaired) electrons. The molecule has 1 atom stereocenters. The Morgan fingerprint density at radius 3 is 2.90 bits per heavy atom. The Kier molecular flexibility index (Phi) is 6.07. The molecule has 0 saturated carbocycles. The molecule has 1 N–H and O–H groups in total. The third-order valence-corrected chi connectivity index (χ3v) is 4.78. The molecule has 112 valence electrons. The van der Waals surface area contributed by atoms with Crippen molar-refractivity contribution < 1.29 is 4.74 Å². The highest BCUT2D eigenvalue weighted by atomic mass is 32.1. The Morgan fingerprint density at radius 2 is 2.20 bits per heavy atom. The molecule has 4 heteroatoms. The Morgan fingerprint density at radius 1 is 1.45 bits per heavy atom. The second-order valence-electron chi connectivity index (χ2n) is 5.34. The topological polar surface area (TPSA) is 24.5 Å². The van der Waals surface area contributed by atoms with E-state index in [1.54, 1.807) is 0 Å². The second kappa shape index (κ2) is 7.81. The zero-order valence-electron chi connectivity index (χ0n) is 12.8. The maximum atomic E-state index is 5.40. The standard InChI is InChI=1S/C16H26N2OS/c1-4-7-17-14(3)13(2)12-15-5-6-16(20-15)18-8-10-19-11-9-18/h5-6,12,14,17H,4,7-11H2,1-3H3/b13-12+. The van der Waals surface area contributed by atoms with Crippen molar-refractivity contribution in [3.63, 3.8) is 0 Å². The minimum Gasteiger partial charge on any atom is -0.378 e. The molecule has 0 aromatic carbocycles. The number of hydrogen-bond donors (Lipinski definition) is 1. The van der Waals surface area contributed by atoms with Gasteiger partial charge in [0.25, 0.3) is 0 Å². The van der Waals surface area contributed by atoms with E-state index < -0.39 is 0 Å². The monoisotopic (exact) mass is 294 g/mol. The first-order valence-corrected chi connectivity index (χ1v) is 8.36. The summed E-state index contributed by atoms with van der Waals surface area (Å²) < 4.78 is 5.40. The Hall–Kier alpha value is -0.840. The molecular formula is C16H26N2OS. The van der Waals surface area contributed by atoms with Crippen LogP contribution in [0.5, 0.6) is 0 Å². The number of ether oxygens (including phenoxy) is 1. The lowest BCUT2D eigenvalue weighted by Crippen LogP contribution is -2.35. The molecular weight excluding hydrogens is 268 g/mol. The van der Waals surface area contributed by atoms with E-state index in [1.165, 1.54) is 21.9 Å². The van der Waals surface area contributed by atoms with Crippen molar-refractivity contribution in [2.24, 2.45) is 0 Å². The van der Waals surface area contributed by atoms with Crippen LogP contribution in [-0.4, -0.2) is 38.9 Å². The number of anilines is 1. The molecule has 2 rings (SSSR count). The van der Waals surface area contributed by atoms with Crippen molar-refractivity contribution >= 4 is 22.4 Å². The van der Waals surface area contributed by atoms with Crippen molar-refractivity contribution in [3.8, 4) is 0 Å². The number of hydrogen-bond acceptors (Lipinski definition) is 4. The average Bonchev–Trinajstić information content (AvgIpc) is 2.94. The fourth-order valence-corrected chi connectivity index (χ4v) is 3.31. The predicted octanol–water partition coefficient (Wildman–Crippen LogP) is 3.38. The molecule has 3 nitrogen and oxygen atoms in total. The van der Waals surface area contributed by atoms with Gasteiger partial charge in [0.1, 0.15) is 0 Å². The summed E-state index contributed by atoms with van der Waals surface area (Å²) in [6.07, 6.45) is 3.49. The van der Waals surface area contributed by atoms with Gasteiger partial charge in [-0.2, -0.15) is 0 Å².